The van der Waals surface area contributed by atoms with Gasteiger partial charge < -0.3 is 4.57 Å². The number of benzene rings is 2. The minimum absolute atomic E-state index is 0.265. The van der Waals surface area contributed by atoms with Crippen molar-refractivity contribution in [1.82, 2.24) is 4.57 Å². The van der Waals surface area contributed by atoms with Gasteiger partial charge in [-0.15, -0.1) is 0 Å². The van der Waals surface area contributed by atoms with Gasteiger partial charge in [-0.2, -0.15) is 0 Å². The number of hydrogen-bond acceptors (Lipinski definition) is 0. The van der Waals surface area contributed by atoms with Crippen LogP contribution in [0.2, 0.25) is 0 Å². The first-order chi connectivity index (χ1) is 10.7. The number of fused-ring (bicyclic) bond motifs is 3. The van der Waals surface area contributed by atoms with Gasteiger partial charge in [0.25, 0.3) is 0 Å². The van der Waals surface area contributed by atoms with Crippen molar-refractivity contribution in [2.45, 2.75) is 45.1 Å². The topological polar surface area (TPSA) is 4.93 Å². The van der Waals surface area contributed by atoms with Crippen molar-refractivity contribution in [2.75, 3.05) is 0 Å². The van der Waals surface area contributed by atoms with Crippen molar-refractivity contribution in [3.8, 4) is 0 Å². The molecule has 1 aliphatic rings. The molecule has 0 saturated heterocycles. The summed E-state index contributed by atoms with van der Waals surface area (Å²) in [5.41, 5.74) is 6.19. The van der Waals surface area contributed by atoms with E-state index < -0.39 is 0 Å². The monoisotopic (exact) mass is 289 g/mol. The van der Waals surface area contributed by atoms with Gasteiger partial charge in [-0.05, 0) is 36.5 Å². The lowest BCUT2D eigenvalue weighted by Gasteiger charge is -2.32. The van der Waals surface area contributed by atoms with E-state index >= 15 is 0 Å². The van der Waals surface area contributed by atoms with Crippen molar-refractivity contribution >= 4 is 10.9 Å². The lowest BCUT2D eigenvalue weighted by atomic mass is 9.76. The number of para-hydroxylation sites is 1. The molecule has 4 rings (SSSR count). The second-order valence-electron chi connectivity index (χ2n) is 7.15. The number of nitrogens with zero attached hydrogens (tertiary/aromatic N) is 1. The van der Waals surface area contributed by atoms with E-state index in [1.54, 1.807) is 11.3 Å². The summed E-state index contributed by atoms with van der Waals surface area (Å²) in [5, 5.41) is 1.46. The van der Waals surface area contributed by atoms with Gasteiger partial charge in [0.2, 0.25) is 0 Å². The lowest BCUT2D eigenvalue weighted by molar-refractivity contribution is 0.405. The number of aromatic nitrogens is 1. The Morgan fingerprint density at radius 3 is 2.50 bits per heavy atom. The average Bonchev–Trinajstić information content (AvgIpc) is 2.84. The molecule has 1 nitrogen and oxygen atoms in total. The standard InChI is InChI=1S/C21H23N/c1-21(2)14-8-12-18-17-11-6-7-13-19(17)22(20(18)21)15-16-9-4-3-5-10-16/h3-7,9-11,13H,8,12,14-15H2,1-2H3. The summed E-state index contributed by atoms with van der Waals surface area (Å²) in [7, 11) is 0. The second-order valence-corrected chi connectivity index (χ2v) is 7.15. The molecular formula is C21H23N. The molecule has 2 aromatic carbocycles. The Kier molecular flexibility index (Phi) is 3.11. The highest BCUT2D eigenvalue weighted by molar-refractivity contribution is 5.86. The molecule has 0 N–H and O–H groups in total. The zero-order valence-corrected chi connectivity index (χ0v) is 13.5. The van der Waals surface area contributed by atoms with E-state index in [9.17, 15) is 0 Å². The van der Waals surface area contributed by atoms with Crippen molar-refractivity contribution in [3.63, 3.8) is 0 Å². The Hall–Kier alpha value is -2.02. The molecule has 112 valence electrons. The predicted molar refractivity (Wildman–Crippen MR) is 93.4 cm³/mol. The fourth-order valence-electron chi connectivity index (χ4n) is 4.16. The van der Waals surface area contributed by atoms with E-state index in [-0.39, 0.29) is 5.41 Å². The summed E-state index contributed by atoms with van der Waals surface area (Å²) in [4.78, 5) is 0. The summed E-state index contributed by atoms with van der Waals surface area (Å²) in [6.45, 7) is 5.79. The first-order valence-corrected chi connectivity index (χ1v) is 8.31. The highest BCUT2D eigenvalue weighted by Crippen LogP contribution is 2.42. The molecule has 22 heavy (non-hydrogen) atoms. The van der Waals surface area contributed by atoms with Crippen molar-refractivity contribution in [2.24, 2.45) is 0 Å². The van der Waals surface area contributed by atoms with E-state index in [1.807, 2.05) is 0 Å². The van der Waals surface area contributed by atoms with Gasteiger partial charge in [0.1, 0.15) is 0 Å². The molecule has 0 aliphatic heterocycles. The van der Waals surface area contributed by atoms with Gasteiger partial charge in [0.05, 0.1) is 0 Å². The summed E-state index contributed by atoms with van der Waals surface area (Å²) >= 11 is 0. The van der Waals surface area contributed by atoms with Crippen LogP contribution < -0.4 is 0 Å². The van der Waals surface area contributed by atoms with Crippen molar-refractivity contribution in [3.05, 3.63) is 71.4 Å². The van der Waals surface area contributed by atoms with Gasteiger partial charge in [0, 0.05) is 28.6 Å². The fraction of sp³-hybridized carbons (Fsp3) is 0.333. The Labute approximate surface area is 132 Å². The maximum absolute atomic E-state index is 2.57. The first-order valence-electron chi connectivity index (χ1n) is 8.31. The van der Waals surface area contributed by atoms with Gasteiger partial charge in [-0.3, -0.25) is 0 Å². The quantitative estimate of drug-likeness (QED) is 0.603. The molecule has 1 heteroatoms. The fourth-order valence-corrected chi connectivity index (χ4v) is 4.16. The van der Waals surface area contributed by atoms with Crippen molar-refractivity contribution < 1.29 is 0 Å². The average molecular weight is 289 g/mol. The van der Waals surface area contributed by atoms with Crippen LogP contribution in [0.5, 0.6) is 0 Å². The third-order valence-corrected chi connectivity index (χ3v) is 5.13. The number of rotatable bonds is 2. The summed E-state index contributed by atoms with van der Waals surface area (Å²) in [5.74, 6) is 0. The molecule has 0 amide bonds. The largest absolute Gasteiger partial charge is 0.339 e. The van der Waals surface area contributed by atoms with Crippen LogP contribution in [0.3, 0.4) is 0 Å². The van der Waals surface area contributed by atoms with E-state index in [2.05, 4.69) is 73.0 Å². The zero-order chi connectivity index (χ0) is 15.2. The Morgan fingerprint density at radius 1 is 0.955 bits per heavy atom. The number of hydrogen-bond donors (Lipinski definition) is 0. The second kappa shape index (κ2) is 5.01. The van der Waals surface area contributed by atoms with E-state index in [0.29, 0.717) is 0 Å². The molecule has 3 aromatic rings. The number of aryl methyl sites for hydroxylation is 1. The van der Waals surface area contributed by atoms with Crippen LogP contribution >= 0.6 is 0 Å². The first kappa shape index (κ1) is 13.6. The Bertz CT molecular complexity index is 809. The molecule has 0 saturated carbocycles. The minimum atomic E-state index is 0.265. The Morgan fingerprint density at radius 2 is 1.68 bits per heavy atom. The third kappa shape index (κ3) is 2.08. The predicted octanol–water partition coefficient (Wildman–Crippen LogP) is 5.30. The van der Waals surface area contributed by atoms with E-state index in [4.69, 9.17) is 0 Å². The molecule has 0 fully saturated rings. The molecule has 0 unspecified atom stereocenters. The summed E-state index contributed by atoms with van der Waals surface area (Å²) in [6, 6.07) is 19.8. The lowest BCUT2D eigenvalue weighted by Crippen LogP contribution is -2.27. The van der Waals surface area contributed by atoms with Crippen LogP contribution in [0.15, 0.2) is 54.6 Å². The van der Waals surface area contributed by atoms with E-state index in [0.717, 1.165) is 6.54 Å². The van der Waals surface area contributed by atoms with Crippen LogP contribution in [0.1, 0.15) is 43.5 Å². The van der Waals surface area contributed by atoms with Crippen LogP contribution in [-0.4, -0.2) is 4.57 Å². The normalized spacial score (nSPS) is 16.6. The summed E-state index contributed by atoms with van der Waals surface area (Å²) in [6.07, 6.45) is 3.81. The van der Waals surface area contributed by atoms with Crippen LogP contribution in [0.25, 0.3) is 10.9 Å². The minimum Gasteiger partial charge on any atom is -0.339 e. The third-order valence-electron chi connectivity index (χ3n) is 5.13. The molecule has 1 aliphatic carbocycles. The van der Waals surface area contributed by atoms with Gasteiger partial charge in [-0.25, -0.2) is 0 Å². The molecular weight excluding hydrogens is 266 g/mol. The molecule has 0 atom stereocenters. The van der Waals surface area contributed by atoms with Crippen LogP contribution in [0.4, 0.5) is 0 Å². The molecule has 1 aromatic heterocycles. The van der Waals surface area contributed by atoms with Gasteiger partial charge >= 0.3 is 0 Å². The molecule has 0 radical (unpaired) electrons. The highest BCUT2D eigenvalue weighted by Gasteiger charge is 2.33. The summed E-state index contributed by atoms with van der Waals surface area (Å²) < 4.78 is 2.57. The van der Waals surface area contributed by atoms with E-state index in [1.165, 1.54) is 35.7 Å². The molecule has 0 spiro atoms. The van der Waals surface area contributed by atoms with Gasteiger partial charge in [0.15, 0.2) is 0 Å². The smallest absolute Gasteiger partial charge is 0.0488 e. The molecule has 1 heterocycles. The Balaban J connectivity index is 1.97. The maximum Gasteiger partial charge on any atom is 0.0488 e. The molecule has 0 bridgehead atoms. The maximum atomic E-state index is 2.57. The SMILES string of the molecule is CC1(C)CCCc2c1n(Cc1ccccc1)c1ccccc21. The van der Waals surface area contributed by atoms with Gasteiger partial charge in [-0.1, -0.05) is 62.4 Å². The zero-order valence-electron chi connectivity index (χ0n) is 13.5. The van der Waals surface area contributed by atoms with Crippen molar-refractivity contribution in [1.29, 1.82) is 0 Å². The van der Waals surface area contributed by atoms with Crippen LogP contribution in [-0.2, 0) is 18.4 Å². The highest BCUT2D eigenvalue weighted by atomic mass is 15.0. The van der Waals surface area contributed by atoms with Crippen LogP contribution in [0, 0.1) is 0 Å².